The van der Waals surface area contributed by atoms with Crippen molar-refractivity contribution in [1.29, 1.82) is 0 Å². The molecule has 0 aliphatic heterocycles. The molecule has 1 aromatic carbocycles. The van der Waals surface area contributed by atoms with Crippen molar-refractivity contribution in [1.82, 2.24) is 0 Å². The summed E-state index contributed by atoms with van der Waals surface area (Å²) in [5.41, 5.74) is 1.43. The van der Waals surface area contributed by atoms with Gasteiger partial charge in [-0.05, 0) is 30.2 Å². The number of hydrogen-bond acceptors (Lipinski definition) is 3. The predicted molar refractivity (Wildman–Crippen MR) is 61.5 cm³/mol. The Morgan fingerprint density at radius 2 is 2.19 bits per heavy atom. The molecule has 1 rings (SSSR count). The second kappa shape index (κ2) is 5.82. The highest BCUT2D eigenvalue weighted by molar-refractivity contribution is 5.89. The van der Waals surface area contributed by atoms with Crippen LogP contribution in [0, 0.1) is 12.3 Å². The molecule has 0 aromatic heterocycles. The van der Waals surface area contributed by atoms with Crippen LogP contribution >= 0.6 is 0 Å². The van der Waals surface area contributed by atoms with E-state index in [1.54, 1.807) is 25.3 Å². The van der Waals surface area contributed by atoms with E-state index in [-0.39, 0.29) is 5.97 Å². The van der Waals surface area contributed by atoms with E-state index in [0.717, 1.165) is 11.3 Å². The number of methoxy groups -OCH3 is 2. The molecule has 0 N–H and O–H groups in total. The molecule has 16 heavy (non-hydrogen) atoms. The molecule has 3 heteroatoms. The van der Waals surface area contributed by atoms with Gasteiger partial charge in [0, 0.05) is 6.42 Å². The van der Waals surface area contributed by atoms with Crippen LogP contribution in [-0.2, 0) is 11.2 Å². The zero-order valence-corrected chi connectivity index (χ0v) is 9.45. The average molecular weight is 218 g/mol. The first-order valence-corrected chi connectivity index (χ1v) is 4.91. The fourth-order valence-corrected chi connectivity index (χ4v) is 1.43. The fourth-order valence-electron chi connectivity index (χ4n) is 1.43. The fraction of sp³-hybridized carbons (Fsp3) is 0.308. The number of ether oxygens (including phenoxy) is 2. The lowest BCUT2D eigenvalue weighted by Gasteiger charge is -2.08. The maximum Gasteiger partial charge on any atom is 0.337 e. The van der Waals surface area contributed by atoms with E-state index in [9.17, 15) is 4.79 Å². The Bertz CT molecular complexity index is 416. The average Bonchev–Trinajstić information content (AvgIpc) is 2.34. The summed E-state index contributed by atoms with van der Waals surface area (Å²) in [6.07, 6.45) is 6.51. The minimum atomic E-state index is -0.357. The van der Waals surface area contributed by atoms with Crippen molar-refractivity contribution in [3.05, 3.63) is 29.3 Å². The van der Waals surface area contributed by atoms with Crippen LogP contribution in [0.15, 0.2) is 18.2 Å². The number of hydrogen-bond donors (Lipinski definition) is 0. The number of terminal acetylenes is 1. The van der Waals surface area contributed by atoms with E-state index in [1.165, 1.54) is 7.11 Å². The molecule has 0 amide bonds. The second-order valence-corrected chi connectivity index (χ2v) is 3.22. The zero-order chi connectivity index (χ0) is 12.0. The Morgan fingerprint density at radius 3 is 2.75 bits per heavy atom. The summed E-state index contributed by atoms with van der Waals surface area (Å²) in [5, 5.41) is 0. The van der Waals surface area contributed by atoms with Crippen LogP contribution in [0.1, 0.15) is 22.3 Å². The van der Waals surface area contributed by atoms with Crippen molar-refractivity contribution in [2.45, 2.75) is 12.8 Å². The first-order chi connectivity index (χ1) is 7.72. The number of rotatable bonds is 4. The van der Waals surface area contributed by atoms with Gasteiger partial charge in [-0.3, -0.25) is 0 Å². The summed E-state index contributed by atoms with van der Waals surface area (Å²) >= 11 is 0. The zero-order valence-electron chi connectivity index (χ0n) is 9.45. The van der Waals surface area contributed by atoms with Crippen molar-refractivity contribution < 1.29 is 14.3 Å². The van der Waals surface area contributed by atoms with Gasteiger partial charge >= 0.3 is 5.97 Å². The summed E-state index contributed by atoms with van der Waals surface area (Å²) in [6.45, 7) is 0. The molecule has 0 unspecified atom stereocenters. The van der Waals surface area contributed by atoms with E-state index in [0.29, 0.717) is 18.4 Å². The normalized spacial score (nSPS) is 9.31. The molecule has 1 aromatic rings. The van der Waals surface area contributed by atoms with Gasteiger partial charge in [-0.25, -0.2) is 4.79 Å². The number of carbonyl (C=O) groups is 1. The maximum atomic E-state index is 11.3. The maximum absolute atomic E-state index is 11.3. The topological polar surface area (TPSA) is 35.5 Å². The van der Waals surface area contributed by atoms with Crippen LogP contribution in [0.3, 0.4) is 0 Å². The Balaban J connectivity index is 3.01. The Kier molecular flexibility index (Phi) is 4.41. The first kappa shape index (κ1) is 12.1. The molecule has 0 atom stereocenters. The third-order valence-corrected chi connectivity index (χ3v) is 2.24. The molecule has 0 bridgehead atoms. The van der Waals surface area contributed by atoms with Gasteiger partial charge in [-0.15, -0.1) is 12.3 Å². The molecule has 0 saturated carbocycles. The number of aryl methyl sites for hydroxylation is 1. The highest BCUT2D eigenvalue weighted by Crippen LogP contribution is 2.21. The van der Waals surface area contributed by atoms with E-state index >= 15 is 0 Å². The van der Waals surface area contributed by atoms with E-state index in [2.05, 4.69) is 10.7 Å². The molecule has 0 aliphatic rings. The lowest BCUT2D eigenvalue weighted by atomic mass is 10.1. The SMILES string of the molecule is C#CCCc1cc(C(=O)OC)ccc1OC. The Hall–Kier alpha value is -1.95. The molecule has 84 valence electrons. The summed E-state index contributed by atoms with van der Waals surface area (Å²) in [4.78, 5) is 11.3. The van der Waals surface area contributed by atoms with Crippen molar-refractivity contribution >= 4 is 5.97 Å². The molecule has 0 radical (unpaired) electrons. The number of esters is 1. The molecular weight excluding hydrogens is 204 g/mol. The van der Waals surface area contributed by atoms with Crippen LogP contribution in [-0.4, -0.2) is 20.2 Å². The number of carbonyl (C=O) groups excluding carboxylic acids is 1. The van der Waals surface area contributed by atoms with Gasteiger partial charge in [0.05, 0.1) is 19.8 Å². The van der Waals surface area contributed by atoms with Gasteiger partial charge in [-0.2, -0.15) is 0 Å². The molecule has 0 spiro atoms. The quantitative estimate of drug-likeness (QED) is 0.573. The first-order valence-electron chi connectivity index (χ1n) is 4.91. The van der Waals surface area contributed by atoms with E-state index in [4.69, 9.17) is 11.2 Å². The molecular formula is C13H14O3. The molecule has 0 aliphatic carbocycles. The lowest BCUT2D eigenvalue weighted by Crippen LogP contribution is -2.03. The number of benzene rings is 1. The van der Waals surface area contributed by atoms with Gasteiger partial charge in [0.1, 0.15) is 5.75 Å². The minimum absolute atomic E-state index is 0.357. The standard InChI is InChI=1S/C13H14O3/c1-4-5-6-10-9-11(13(14)16-3)7-8-12(10)15-2/h1,7-9H,5-6H2,2-3H3. The third kappa shape index (κ3) is 2.77. The van der Waals surface area contributed by atoms with Gasteiger partial charge in [0.25, 0.3) is 0 Å². The largest absolute Gasteiger partial charge is 0.496 e. The Labute approximate surface area is 95.4 Å². The van der Waals surface area contributed by atoms with Crippen LogP contribution in [0.25, 0.3) is 0 Å². The smallest absolute Gasteiger partial charge is 0.337 e. The highest BCUT2D eigenvalue weighted by atomic mass is 16.5. The van der Waals surface area contributed by atoms with Crippen LogP contribution in [0.5, 0.6) is 5.75 Å². The van der Waals surface area contributed by atoms with Gasteiger partial charge in [0.15, 0.2) is 0 Å². The van der Waals surface area contributed by atoms with E-state index in [1.807, 2.05) is 0 Å². The highest BCUT2D eigenvalue weighted by Gasteiger charge is 2.09. The van der Waals surface area contributed by atoms with Gasteiger partial charge in [0.2, 0.25) is 0 Å². The van der Waals surface area contributed by atoms with Crippen molar-refractivity contribution in [3.8, 4) is 18.1 Å². The summed E-state index contributed by atoms with van der Waals surface area (Å²) < 4.78 is 9.84. The van der Waals surface area contributed by atoms with Gasteiger partial charge in [-0.1, -0.05) is 0 Å². The monoisotopic (exact) mass is 218 g/mol. The second-order valence-electron chi connectivity index (χ2n) is 3.22. The molecule has 3 nitrogen and oxygen atoms in total. The van der Waals surface area contributed by atoms with Crippen molar-refractivity contribution in [2.75, 3.05) is 14.2 Å². The third-order valence-electron chi connectivity index (χ3n) is 2.24. The predicted octanol–water partition coefficient (Wildman–Crippen LogP) is 2.05. The summed E-state index contributed by atoms with van der Waals surface area (Å²) in [5.74, 6) is 2.94. The van der Waals surface area contributed by atoms with Crippen molar-refractivity contribution in [2.24, 2.45) is 0 Å². The lowest BCUT2D eigenvalue weighted by molar-refractivity contribution is 0.0600. The summed E-state index contributed by atoms with van der Waals surface area (Å²) in [6, 6.07) is 5.17. The van der Waals surface area contributed by atoms with Crippen LogP contribution in [0.2, 0.25) is 0 Å². The van der Waals surface area contributed by atoms with Crippen molar-refractivity contribution in [3.63, 3.8) is 0 Å². The van der Waals surface area contributed by atoms with Crippen LogP contribution in [0.4, 0.5) is 0 Å². The molecule has 0 fully saturated rings. The Morgan fingerprint density at radius 1 is 1.44 bits per heavy atom. The minimum Gasteiger partial charge on any atom is -0.496 e. The molecule has 0 saturated heterocycles. The van der Waals surface area contributed by atoms with E-state index < -0.39 is 0 Å². The van der Waals surface area contributed by atoms with Gasteiger partial charge < -0.3 is 9.47 Å². The molecule has 0 heterocycles. The summed E-state index contributed by atoms with van der Waals surface area (Å²) in [7, 11) is 2.94. The van der Waals surface area contributed by atoms with Crippen LogP contribution < -0.4 is 4.74 Å².